The van der Waals surface area contributed by atoms with E-state index in [0.29, 0.717) is 30.4 Å². The molecule has 0 aliphatic carbocycles. The number of benzene rings is 2. The van der Waals surface area contributed by atoms with Gasteiger partial charge in [0.05, 0.1) is 4.88 Å². The number of ether oxygens (including phenoxy) is 2. The molecule has 2 aromatic carbocycles. The van der Waals surface area contributed by atoms with E-state index in [0.717, 1.165) is 21.8 Å². The molecule has 0 atom stereocenters. The highest BCUT2D eigenvalue weighted by Gasteiger charge is 2.20. The Morgan fingerprint density at radius 1 is 0.967 bits per heavy atom. The van der Waals surface area contributed by atoms with Gasteiger partial charge in [0, 0.05) is 24.4 Å². The van der Waals surface area contributed by atoms with Crippen LogP contribution in [0.15, 0.2) is 60.7 Å². The average Bonchev–Trinajstić information content (AvgIpc) is 3.27. The summed E-state index contributed by atoms with van der Waals surface area (Å²) in [5, 5.41) is 0. The van der Waals surface area contributed by atoms with Crippen molar-refractivity contribution in [3.63, 3.8) is 0 Å². The van der Waals surface area contributed by atoms with Crippen molar-refractivity contribution in [2.75, 3.05) is 19.8 Å². The van der Waals surface area contributed by atoms with Crippen LogP contribution in [-0.4, -0.2) is 36.5 Å². The zero-order chi connectivity index (χ0) is 20.9. The normalized spacial score (nSPS) is 12.4. The van der Waals surface area contributed by atoms with Crippen LogP contribution in [0.3, 0.4) is 0 Å². The summed E-state index contributed by atoms with van der Waals surface area (Å²) in [5.41, 5.74) is 7.28. The minimum absolute atomic E-state index is 0.117. The number of thiophene rings is 1. The Morgan fingerprint density at radius 3 is 2.50 bits per heavy atom. The van der Waals surface area contributed by atoms with Crippen molar-refractivity contribution in [3.8, 4) is 21.9 Å². The van der Waals surface area contributed by atoms with Gasteiger partial charge in [0.15, 0.2) is 11.5 Å². The molecule has 1 aliphatic rings. The van der Waals surface area contributed by atoms with Crippen LogP contribution in [0.2, 0.25) is 0 Å². The molecule has 2 heterocycles. The quantitative estimate of drug-likeness (QED) is 0.629. The number of fused-ring (bicyclic) bond motifs is 1. The van der Waals surface area contributed by atoms with Crippen LogP contribution in [0.25, 0.3) is 10.4 Å². The third kappa shape index (κ3) is 4.63. The molecule has 30 heavy (non-hydrogen) atoms. The first-order valence-electron chi connectivity index (χ1n) is 9.71. The molecular formula is C23H22N2O4S. The van der Waals surface area contributed by atoms with E-state index < -0.39 is 5.91 Å². The number of carbonyl (C=O) groups excluding carboxylic acids is 2. The Hall–Kier alpha value is -3.32. The summed E-state index contributed by atoms with van der Waals surface area (Å²) >= 11 is 1.41. The van der Waals surface area contributed by atoms with Crippen molar-refractivity contribution >= 4 is 23.2 Å². The van der Waals surface area contributed by atoms with Gasteiger partial charge in [-0.15, -0.1) is 11.3 Å². The molecule has 0 spiro atoms. The maximum absolute atomic E-state index is 13.2. The molecule has 154 valence electrons. The van der Waals surface area contributed by atoms with E-state index in [2.05, 4.69) is 0 Å². The number of hydrogen-bond acceptors (Lipinski definition) is 5. The zero-order valence-electron chi connectivity index (χ0n) is 16.4. The maximum Gasteiger partial charge on any atom is 0.264 e. The fraction of sp³-hybridized carbons (Fsp3) is 0.217. The second kappa shape index (κ2) is 9.00. The minimum atomic E-state index is -0.427. The number of hydrogen-bond donors (Lipinski definition) is 1. The van der Waals surface area contributed by atoms with E-state index in [1.807, 2.05) is 60.7 Å². The third-order valence-corrected chi connectivity index (χ3v) is 5.90. The van der Waals surface area contributed by atoms with Gasteiger partial charge in [-0.1, -0.05) is 30.3 Å². The fourth-order valence-corrected chi connectivity index (χ4v) is 4.23. The van der Waals surface area contributed by atoms with Crippen LogP contribution in [0.5, 0.6) is 11.5 Å². The van der Waals surface area contributed by atoms with Gasteiger partial charge >= 0.3 is 0 Å². The van der Waals surface area contributed by atoms with E-state index in [1.165, 1.54) is 11.3 Å². The van der Waals surface area contributed by atoms with E-state index in [9.17, 15) is 9.59 Å². The lowest BCUT2D eigenvalue weighted by molar-refractivity contribution is -0.118. The van der Waals surface area contributed by atoms with Gasteiger partial charge in [0.25, 0.3) is 5.91 Å². The molecule has 1 aromatic heterocycles. The first-order chi connectivity index (χ1) is 14.6. The smallest absolute Gasteiger partial charge is 0.264 e. The average molecular weight is 423 g/mol. The van der Waals surface area contributed by atoms with Crippen LogP contribution in [0.4, 0.5) is 0 Å². The number of nitrogens with two attached hydrogens (primary N) is 1. The molecule has 0 radical (unpaired) electrons. The Bertz CT molecular complexity index is 1050. The predicted octanol–water partition coefficient (Wildman–Crippen LogP) is 3.70. The van der Waals surface area contributed by atoms with Gasteiger partial charge in [-0.3, -0.25) is 9.59 Å². The lowest BCUT2D eigenvalue weighted by Gasteiger charge is -2.21. The van der Waals surface area contributed by atoms with Gasteiger partial charge in [-0.2, -0.15) is 0 Å². The summed E-state index contributed by atoms with van der Waals surface area (Å²) in [5.74, 6) is 0.906. The molecule has 4 rings (SSSR count). The first-order valence-corrected chi connectivity index (χ1v) is 10.5. The second-order valence-electron chi connectivity index (χ2n) is 6.95. The van der Waals surface area contributed by atoms with Crippen molar-refractivity contribution in [1.82, 2.24) is 4.90 Å². The highest BCUT2D eigenvalue weighted by molar-refractivity contribution is 7.17. The zero-order valence-corrected chi connectivity index (χ0v) is 17.2. The molecule has 0 fully saturated rings. The van der Waals surface area contributed by atoms with Crippen molar-refractivity contribution in [1.29, 1.82) is 0 Å². The summed E-state index contributed by atoms with van der Waals surface area (Å²) in [4.78, 5) is 27.7. The summed E-state index contributed by atoms with van der Waals surface area (Å²) in [7, 11) is 0. The highest BCUT2D eigenvalue weighted by Crippen LogP contribution is 2.37. The Balaban J connectivity index is 1.55. The summed E-state index contributed by atoms with van der Waals surface area (Å²) < 4.78 is 11.2. The maximum atomic E-state index is 13.2. The molecule has 6 nitrogen and oxygen atoms in total. The Kier molecular flexibility index (Phi) is 5.99. The van der Waals surface area contributed by atoms with Crippen LogP contribution in [-0.2, 0) is 11.3 Å². The van der Waals surface area contributed by atoms with Gasteiger partial charge in [-0.05, 0) is 41.5 Å². The van der Waals surface area contributed by atoms with Crippen LogP contribution >= 0.6 is 11.3 Å². The van der Waals surface area contributed by atoms with Crippen molar-refractivity contribution in [2.24, 2.45) is 5.73 Å². The molecule has 3 aromatic rings. The highest BCUT2D eigenvalue weighted by atomic mass is 32.1. The molecule has 1 aliphatic heterocycles. The molecule has 7 heteroatoms. The Morgan fingerprint density at radius 2 is 1.73 bits per heavy atom. The third-order valence-electron chi connectivity index (χ3n) is 4.78. The molecule has 0 bridgehead atoms. The number of nitrogens with zero attached hydrogens (tertiary/aromatic N) is 1. The van der Waals surface area contributed by atoms with E-state index in [4.69, 9.17) is 15.2 Å². The summed E-state index contributed by atoms with van der Waals surface area (Å²) in [6.07, 6.45) is 0.124. The van der Waals surface area contributed by atoms with Gasteiger partial charge < -0.3 is 20.1 Å². The number of carbonyl (C=O) groups is 2. The topological polar surface area (TPSA) is 81.9 Å². The molecule has 2 N–H and O–H groups in total. The Labute approximate surface area is 178 Å². The standard InChI is InChI=1S/C23H22N2O4S/c24-22(26)10-11-25(15-16-4-2-1-3-5-16)23(27)21-9-8-20(30-21)17-6-7-18-19(14-17)29-13-12-28-18/h1-9,14H,10-13,15H2,(H2,24,26). The fourth-order valence-electron chi connectivity index (χ4n) is 3.26. The number of amides is 2. The second-order valence-corrected chi connectivity index (χ2v) is 8.03. The molecule has 0 unspecified atom stereocenters. The SMILES string of the molecule is NC(=O)CCN(Cc1ccccc1)C(=O)c1ccc(-c2ccc3c(c2)OCCO3)s1. The molecular weight excluding hydrogens is 400 g/mol. The number of primary amides is 1. The van der Waals surface area contributed by atoms with Crippen molar-refractivity contribution in [2.45, 2.75) is 13.0 Å². The largest absolute Gasteiger partial charge is 0.486 e. The van der Waals surface area contributed by atoms with Crippen LogP contribution in [0.1, 0.15) is 21.7 Å². The molecule has 0 saturated carbocycles. The van der Waals surface area contributed by atoms with Gasteiger partial charge in [0.1, 0.15) is 13.2 Å². The van der Waals surface area contributed by atoms with Crippen molar-refractivity contribution in [3.05, 3.63) is 71.1 Å². The monoisotopic (exact) mass is 422 g/mol. The lowest BCUT2D eigenvalue weighted by Crippen LogP contribution is -2.33. The molecule has 2 amide bonds. The van der Waals surface area contributed by atoms with Crippen LogP contribution in [0, 0.1) is 0 Å². The van der Waals surface area contributed by atoms with E-state index >= 15 is 0 Å². The lowest BCUT2D eigenvalue weighted by atomic mass is 10.1. The predicted molar refractivity (Wildman–Crippen MR) is 116 cm³/mol. The van der Waals surface area contributed by atoms with Gasteiger partial charge in [-0.25, -0.2) is 0 Å². The number of rotatable bonds is 7. The van der Waals surface area contributed by atoms with Crippen molar-refractivity contribution < 1.29 is 19.1 Å². The van der Waals surface area contributed by atoms with E-state index in [1.54, 1.807) is 4.90 Å². The summed E-state index contributed by atoms with van der Waals surface area (Å²) in [6.45, 7) is 1.77. The first kappa shape index (κ1) is 20.0. The summed E-state index contributed by atoms with van der Waals surface area (Å²) in [6, 6.07) is 19.2. The molecule has 0 saturated heterocycles. The van der Waals surface area contributed by atoms with E-state index in [-0.39, 0.29) is 18.9 Å². The van der Waals surface area contributed by atoms with Crippen LogP contribution < -0.4 is 15.2 Å². The minimum Gasteiger partial charge on any atom is -0.486 e. The van der Waals surface area contributed by atoms with Gasteiger partial charge in [0.2, 0.25) is 5.91 Å².